The van der Waals surface area contributed by atoms with Gasteiger partial charge in [0.1, 0.15) is 5.52 Å². The molecule has 3 rings (SSSR count). The Morgan fingerprint density at radius 1 is 1.21 bits per heavy atom. The zero-order chi connectivity index (χ0) is 17.1. The third kappa shape index (κ3) is 3.19. The fourth-order valence-corrected chi connectivity index (χ4v) is 2.50. The zero-order valence-electron chi connectivity index (χ0n) is 13.7. The molecular weight excluding hydrogens is 306 g/mol. The molecule has 0 bridgehead atoms. The van der Waals surface area contributed by atoms with Crippen LogP contribution in [0.2, 0.25) is 0 Å². The molecule has 0 aliphatic carbocycles. The van der Waals surface area contributed by atoms with Crippen LogP contribution < -0.4 is 10.9 Å². The van der Waals surface area contributed by atoms with E-state index in [-0.39, 0.29) is 24.4 Å². The summed E-state index contributed by atoms with van der Waals surface area (Å²) < 4.78 is 3.26. The Labute approximate surface area is 138 Å². The van der Waals surface area contributed by atoms with Crippen LogP contribution in [0.3, 0.4) is 0 Å². The Morgan fingerprint density at radius 2 is 2.00 bits per heavy atom. The smallest absolute Gasteiger partial charge is 0.277 e. The molecule has 0 aliphatic heterocycles. The minimum atomic E-state index is -0.230. The van der Waals surface area contributed by atoms with Crippen molar-refractivity contribution in [3.63, 3.8) is 0 Å². The van der Waals surface area contributed by atoms with E-state index in [4.69, 9.17) is 0 Å². The quantitative estimate of drug-likeness (QED) is 0.763. The monoisotopic (exact) mass is 325 g/mol. The molecule has 1 N–H and O–H groups in total. The van der Waals surface area contributed by atoms with E-state index in [1.54, 1.807) is 24.3 Å². The van der Waals surface area contributed by atoms with Gasteiger partial charge in [-0.05, 0) is 31.2 Å². The SMILES string of the molecule is Cc1ccc(CNC(=O)CCn2nnc3ccccc3c2=O)n1C. The van der Waals surface area contributed by atoms with Crippen molar-refractivity contribution in [3.8, 4) is 0 Å². The van der Waals surface area contributed by atoms with Crippen LogP contribution in [0.25, 0.3) is 10.9 Å². The molecule has 2 heterocycles. The molecule has 1 amide bonds. The lowest BCUT2D eigenvalue weighted by molar-refractivity contribution is -0.121. The summed E-state index contributed by atoms with van der Waals surface area (Å²) in [6, 6.07) is 11.0. The first-order chi connectivity index (χ1) is 11.6. The Kier molecular flexibility index (Phi) is 4.41. The number of rotatable bonds is 5. The molecule has 0 atom stereocenters. The van der Waals surface area contributed by atoms with Crippen molar-refractivity contribution >= 4 is 16.8 Å². The number of hydrogen-bond donors (Lipinski definition) is 1. The molecule has 0 saturated heterocycles. The standard InChI is InChI=1S/C17H19N5O2/c1-12-7-8-13(21(12)2)11-18-16(23)9-10-22-17(24)14-5-3-4-6-15(14)19-20-22/h3-8H,9-11H2,1-2H3,(H,18,23). The van der Waals surface area contributed by atoms with Gasteiger partial charge in [-0.25, -0.2) is 4.68 Å². The second-order valence-electron chi connectivity index (χ2n) is 5.69. The van der Waals surface area contributed by atoms with E-state index in [1.807, 2.05) is 30.7 Å². The first-order valence-electron chi connectivity index (χ1n) is 7.76. The van der Waals surface area contributed by atoms with Gasteiger partial charge in [-0.1, -0.05) is 17.3 Å². The average molecular weight is 325 g/mol. The number of benzene rings is 1. The van der Waals surface area contributed by atoms with Crippen molar-refractivity contribution in [1.82, 2.24) is 24.9 Å². The van der Waals surface area contributed by atoms with Crippen molar-refractivity contribution in [2.45, 2.75) is 26.4 Å². The molecule has 7 nitrogen and oxygen atoms in total. The van der Waals surface area contributed by atoms with Crippen LogP contribution in [0, 0.1) is 6.92 Å². The van der Waals surface area contributed by atoms with Gasteiger partial charge in [0.2, 0.25) is 5.91 Å². The van der Waals surface area contributed by atoms with Crippen LogP contribution in [0.4, 0.5) is 0 Å². The van der Waals surface area contributed by atoms with E-state index in [1.165, 1.54) is 4.68 Å². The van der Waals surface area contributed by atoms with E-state index >= 15 is 0 Å². The number of hydrogen-bond acceptors (Lipinski definition) is 4. The van der Waals surface area contributed by atoms with E-state index in [2.05, 4.69) is 15.6 Å². The van der Waals surface area contributed by atoms with Gasteiger partial charge in [0.25, 0.3) is 5.56 Å². The van der Waals surface area contributed by atoms with Gasteiger partial charge in [0.05, 0.1) is 18.5 Å². The molecule has 0 radical (unpaired) electrons. The van der Waals surface area contributed by atoms with E-state index in [0.29, 0.717) is 17.4 Å². The summed E-state index contributed by atoms with van der Waals surface area (Å²) in [5.41, 5.74) is 2.49. The lowest BCUT2D eigenvalue weighted by Gasteiger charge is -2.08. The summed E-state index contributed by atoms with van der Waals surface area (Å²) in [6.07, 6.45) is 0.177. The molecule has 7 heteroatoms. The third-order valence-electron chi connectivity index (χ3n) is 4.12. The summed E-state index contributed by atoms with van der Waals surface area (Å²) in [6.45, 7) is 2.67. The highest BCUT2D eigenvalue weighted by molar-refractivity contribution is 5.77. The molecule has 2 aromatic heterocycles. The molecule has 0 fully saturated rings. The second kappa shape index (κ2) is 6.66. The van der Waals surface area contributed by atoms with Crippen LogP contribution in [0.15, 0.2) is 41.2 Å². The summed E-state index contributed by atoms with van der Waals surface area (Å²) in [5, 5.41) is 11.3. The molecular formula is C17H19N5O2. The van der Waals surface area contributed by atoms with Crippen molar-refractivity contribution in [3.05, 3.63) is 58.1 Å². The zero-order valence-corrected chi connectivity index (χ0v) is 13.7. The van der Waals surface area contributed by atoms with Crippen LogP contribution in [-0.2, 0) is 24.9 Å². The van der Waals surface area contributed by atoms with E-state index < -0.39 is 0 Å². The topological polar surface area (TPSA) is 81.8 Å². The van der Waals surface area contributed by atoms with Crippen LogP contribution >= 0.6 is 0 Å². The van der Waals surface area contributed by atoms with Crippen molar-refractivity contribution < 1.29 is 4.79 Å². The molecule has 0 aliphatic rings. The molecule has 0 unspecified atom stereocenters. The van der Waals surface area contributed by atoms with Crippen molar-refractivity contribution in [1.29, 1.82) is 0 Å². The lowest BCUT2D eigenvalue weighted by atomic mass is 10.2. The van der Waals surface area contributed by atoms with Gasteiger partial charge in [-0.2, -0.15) is 0 Å². The molecule has 3 aromatic rings. The number of nitrogens with one attached hydrogen (secondary N) is 1. The maximum Gasteiger partial charge on any atom is 0.277 e. The largest absolute Gasteiger partial charge is 0.350 e. The van der Waals surface area contributed by atoms with Gasteiger partial charge in [-0.3, -0.25) is 9.59 Å². The highest BCUT2D eigenvalue weighted by Crippen LogP contribution is 2.05. The van der Waals surface area contributed by atoms with Gasteiger partial charge in [-0.15, -0.1) is 5.10 Å². The van der Waals surface area contributed by atoms with Crippen LogP contribution in [0.1, 0.15) is 17.8 Å². The predicted molar refractivity (Wildman–Crippen MR) is 90.4 cm³/mol. The van der Waals surface area contributed by atoms with Crippen LogP contribution in [0.5, 0.6) is 0 Å². The minimum Gasteiger partial charge on any atom is -0.350 e. The Hall–Kier alpha value is -2.96. The Bertz CT molecular complexity index is 942. The van der Waals surface area contributed by atoms with Crippen LogP contribution in [-0.4, -0.2) is 25.5 Å². The van der Waals surface area contributed by atoms with Gasteiger partial charge in [0, 0.05) is 24.9 Å². The van der Waals surface area contributed by atoms with Crippen molar-refractivity contribution in [2.75, 3.05) is 0 Å². The summed E-state index contributed by atoms with van der Waals surface area (Å²) in [4.78, 5) is 24.3. The van der Waals surface area contributed by atoms with Crippen molar-refractivity contribution in [2.24, 2.45) is 7.05 Å². The fourth-order valence-electron chi connectivity index (χ4n) is 2.50. The maximum absolute atomic E-state index is 12.3. The summed E-state index contributed by atoms with van der Waals surface area (Å²) in [7, 11) is 1.96. The average Bonchev–Trinajstić information content (AvgIpc) is 2.91. The molecule has 24 heavy (non-hydrogen) atoms. The number of fused-ring (bicyclic) bond motifs is 1. The first kappa shape index (κ1) is 15.9. The lowest BCUT2D eigenvalue weighted by Crippen LogP contribution is -2.29. The molecule has 0 spiro atoms. The van der Waals surface area contributed by atoms with Gasteiger partial charge >= 0.3 is 0 Å². The summed E-state index contributed by atoms with van der Waals surface area (Å²) >= 11 is 0. The minimum absolute atomic E-state index is 0.129. The Balaban J connectivity index is 1.61. The highest BCUT2D eigenvalue weighted by Gasteiger charge is 2.08. The number of carbonyl (C=O) groups is 1. The third-order valence-corrected chi connectivity index (χ3v) is 4.12. The Morgan fingerprint density at radius 3 is 2.75 bits per heavy atom. The van der Waals surface area contributed by atoms with Gasteiger partial charge < -0.3 is 9.88 Å². The predicted octanol–water partition coefficient (Wildman–Crippen LogP) is 1.14. The first-order valence-corrected chi connectivity index (χ1v) is 7.76. The highest BCUT2D eigenvalue weighted by atomic mass is 16.2. The second-order valence-corrected chi connectivity index (χ2v) is 5.69. The number of nitrogens with zero attached hydrogens (tertiary/aromatic N) is 4. The fraction of sp³-hybridized carbons (Fsp3) is 0.294. The number of aryl methyl sites for hydroxylation is 2. The van der Waals surface area contributed by atoms with E-state index in [0.717, 1.165) is 11.4 Å². The molecule has 124 valence electrons. The number of carbonyl (C=O) groups excluding carboxylic acids is 1. The number of aromatic nitrogens is 4. The maximum atomic E-state index is 12.3. The summed E-state index contributed by atoms with van der Waals surface area (Å²) in [5.74, 6) is -0.129. The normalized spacial score (nSPS) is 10.9. The van der Waals surface area contributed by atoms with Gasteiger partial charge in [0.15, 0.2) is 0 Å². The molecule has 1 aromatic carbocycles. The molecule has 0 saturated carbocycles. The number of amides is 1. The van der Waals surface area contributed by atoms with E-state index in [9.17, 15) is 9.59 Å².